The van der Waals surface area contributed by atoms with Crippen LogP contribution in [0.25, 0.3) is 10.8 Å². The first-order valence-electron chi connectivity index (χ1n) is 9.28. The lowest BCUT2D eigenvalue weighted by Crippen LogP contribution is -1.85. The van der Waals surface area contributed by atoms with Gasteiger partial charge in [0.1, 0.15) is 5.75 Å². The summed E-state index contributed by atoms with van der Waals surface area (Å²) in [4.78, 5) is 0. The molecule has 0 heterocycles. The number of halogens is 2. The Kier molecular flexibility index (Phi) is 5.46. The quantitative estimate of drug-likeness (QED) is 0.364. The van der Waals surface area contributed by atoms with E-state index in [1.54, 1.807) is 25.3 Å². The van der Waals surface area contributed by atoms with Gasteiger partial charge < -0.3 is 4.74 Å². The predicted molar refractivity (Wildman–Crippen MR) is 115 cm³/mol. The van der Waals surface area contributed by atoms with Gasteiger partial charge in [0.25, 0.3) is 0 Å². The van der Waals surface area contributed by atoms with Crippen LogP contribution in [-0.2, 0) is 0 Å². The Hall–Kier alpha value is -4.08. The fourth-order valence-electron chi connectivity index (χ4n) is 2.92. The molecular weight excluding hydrogens is 378 g/mol. The maximum absolute atomic E-state index is 13.4. The van der Waals surface area contributed by atoms with E-state index >= 15 is 0 Å². The van der Waals surface area contributed by atoms with Crippen molar-refractivity contribution < 1.29 is 13.5 Å². The van der Waals surface area contributed by atoms with Crippen LogP contribution in [0.15, 0.2) is 78.9 Å². The molecule has 0 aliphatic rings. The third-order valence-electron chi connectivity index (χ3n) is 4.56. The summed E-state index contributed by atoms with van der Waals surface area (Å²) in [6, 6.07) is 22.9. The van der Waals surface area contributed by atoms with Gasteiger partial charge in [-0.05, 0) is 83.6 Å². The van der Waals surface area contributed by atoms with E-state index in [9.17, 15) is 8.78 Å². The highest BCUT2D eigenvalue weighted by Crippen LogP contribution is 2.19. The molecule has 30 heavy (non-hydrogen) atoms. The molecule has 0 saturated heterocycles. The van der Waals surface area contributed by atoms with Gasteiger partial charge in [0, 0.05) is 22.3 Å². The number of hydrogen-bond acceptors (Lipinski definition) is 1. The second kappa shape index (κ2) is 8.52. The Balaban J connectivity index is 1.50. The fraction of sp³-hybridized carbons (Fsp3) is 0.0370. The number of hydrogen-bond donors (Lipinski definition) is 0. The second-order valence-electron chi connectivity index (χ2n) is 6.63. The third kappa shape index (κ3) is 4.49. The lowest BCUT2D eigenvalue weighted by molar-refractivity contribution is 0.415. The Morgan fingerprint density at radius 2 is 0.967 bits per heavy atom. The highest BCUT2D eigenvalue weighted by atomic mass is 19.2. The second-order valence-corrected chi connectivity index (χ2v) is 6.63. The van der Waals surface area contributed by atoms with E-state index in [0.717, 1.165) is 28.0 Å². The van der Waals surface area contributed by atoms with Crippen LogP contribution in [0.2, 0.25) is 0 Å². The van der Waals surface area contributed by atoms with Crippen molar-refractivity contribution in [2.75, 3.05) is 7.11 Å². The van der Waals surface area contributed by atoms with E-state index in [1.165, 1.54) is 12.1 Å². The number of methoxy groups -OCH3 is 1. The van der Waals surface area contributed by atoms with E-state index in [-0.39, 0.29) is 0 Å². The first-order chi connectivity index (χ1) is 14.6. The molecule has 0 N–H and O–H groups in total. The van der Waals surface area contributed by atoms with Gasteiger partial charge >= 0.3 is 0 Å². The summed E-state index contributed by atoms with van der Waals surface area (Å²) < 4.78 is 31.9. The van der Waals surface area contributed by atoms with E-state index in [4.69, 9.17) is 4.74 Å². The molecule has 0 atom stereocenters. The maximum atomic E-state index is 13.4. The average molecular weight is 394 g/mol. The van der Waals surface area contributed by atoms with Crippen LogP contribution >= 0.6 is 0 Å². The summed E-state index contributed by atoms with van der Waals surface area (Å²) >= 11 is 0. The van der Waals surface area contributed by atoms with Gasteiger partial charge in [0.15, 0.2) is 11.6 Å². The minimum Gasteiger partial charge on any atom is -0.497 e. The zero-order valence-electron chi connectivity index (χ0n) is 16.2. The molecule has 0 aliphatic heterocycles. The van der Waals surface area contributed by atoms with Crippen LogP contribution in [-0.4, -0.2) is 7.11 Å². The SMILES string of the molecule is COc1ccc(C#Cc2ccc(C#Cc3ccc4cc(F)c(F)cc4c3)cc2)cc1. The van der Waals surface area contributed by atoms with Crippen molar-refractivity contribution in [3.63, 3.8) is 0 Å². The molecule has 3 heteroatoms. The van der Waals surface area contributed by atoms with Crippen LogP contribution in [0.4, 0.5) is 8.78 Å². The van der Waals surface area contributed by atoms with E-state index < -0.39 is 11.6 Å². The first-order valence-corrected chi connectivity index (χ1v) is 9.28. The average Bonchev–Trinajstić information content (AvgIpc) is 2.78. The highest BCUT2D eigenvalue weighted by Gasteiger charge is 2.04. The van der Waals surface area contributed by atoms with Crippen LogP contribution < -0.4 is 4.74 Å². The molecule has 0 spiro atoms. The number of rotatable bonds is 1. The van der Waals surface area contributed by atoms with Gasteiger partial charge in [0.2, 0.25) is 0 Å². The van der Waals surface area contributed by atoms with Gasteiger partial charge in [-0.25, -0.2) is 8.78 Å². The summed E-state index contributed by atoms with van der Waals surface area (Å²) in [5, 5.41) is 1.25. The fourth-order valence-corrected chi connectivity index (χ4v) is 2.92. The van der Waals surface area contributed by atoms with E-state index in [2.05, 4.69) is 23.7 Å². The molecule has 144 valence electrons. The molecule has 4 aromatic rings. The molecule has 4 aromatic carbocycles. The minimum absolute atomic E-state index is 0.616. The molecule has 0 amide bonds. The molecule has 1 nitrogen and oxygen atoms in total. The Bertz CT molecular complexity index is 1330. The highest BCUT2D eigenvalue weighted by molar-refractivity contribution is 5.84. The summed E-state index contributed by atoms with van der Waals surface area (Å²) in [6.07, 6.45) is 0. The normalized spacial score (nSPS) is 9.97. The van der Waals surface area contributed by atoms with Crippen molar-refractivity contribution in [2.45, 2.75) is 0 Å². The van der Waals surface area contributed by atoms with Crippen LogP contribution in [0, 0.1) is 35.3 Å². The molecular formula is C27H16F2O. The van der Waals surface area contributed by atoms with Gasteiger partial charge in [-0.1, -0.05) is 29.7 Å². The van der Waals surface area contributed by atoms with Crippen LogP contribution in [0.1, 0.15) is 22.3 Å². The lowest BCUT2D eigenvalue weighted by atomic mass is 10.1. The predicted octanol–water partition coefficient (Wildman–Crippen LogP) is 5.93. The Morgan fingerprint density at radius 3 is 1.50 bits per heavy atom. The monoisotopic (exact) mass is 394 g/mol. The summed E-state index contributed by atoms with van der Waals surface area (Å²) in [5.41, 5.74) is 3.37. The van der Waals surface area contributed by atoms with E-state index in [1.807, 2.05) is 48.5 Å². The van der Waals surface area contributed by atoms with Gasteiger partial charge in [-0.2, -0.15) is 0 Å². The van der Waals surface area contributed by atoms with Crippen molar-refractivity contribution in [2.24, 2.45) is 0 Å². The topological polar surface area (TPSA) is 9.23 Å². The number of benzene rings is 4. The summed E-state index contributed by atoms with van der Waals surface area (Å²) in [6.45, 7) is 0. The van der Waals surface area contributed by atoms with Crippen LogP contribution in [0.3, 0.4) is 0 Å². The Morgan fingerprint density at radius 1 is 0.533 bits per heavy atom. The van der Waals surface area contributed by atoms with Crippen molar-refractivity contribution in [1.82, 2.24) is 0 Å². The molecule has 0 bridgehead atoms. The number of ether oxygens (including phenoxy) is 1. The number of fused-ring (bicyclic) bond motifs is 1. The molecule has 0 fully saturated rings. The van der Waals surface area contributed by atoms with Crippen molar-refractivity contribution in [3.05, 3.63) is 113 Å². The molecule has 0 unspecified atom stereocenters. The van der Waals surface area contributed by atoms with Crippen LogP contribution in [0.5, 0.6) is 5.75 Å². The summed E-state index contributed by atoms with van der Waals surface area (Å²) in [7, 11) is 1.63. The van der Waals surface area contributed by atoms with Gasteiger partial charge in [-0.3, -0.25) is 0 Å². The smallest absolute Gasteiger partial charge is 0.159 e. The third-order valence-corrected chi connectivity index (χ3v) is 4.56. The molecule has 0 saturated carbocycles. The minimum atomic E-state index is -0.862. The van der Waals surface area contributed by atoms with Gasteiger partial charge in [-0.15, -0.1) is 0 Å². The summed E-state index contributed by atoms with van der Waals surface area (Å²) in [5.74, 6) is 11.5. The van der Waals surface area contributed by atoms with Crippen molar-refractivity contribution in [1.29, 1.82) is 0 Å². The molecule has 0 radical (unpaired) electrons. The molecule has 0 aliphatic carbocycles. The van der Waals surface area contributed by atoms with E-state index in [0.29, 0.717) is 10.8 Å². The van der Waals surface area contributed by atoms with Gasteiger partial charge in [0.05, 0.1) is 7.11 Å². The largest absolute Gasteiger partial charge is 0.497 e. The van der Waals surface area contributed by atoms with Crippen molar-refractivity contribution >= 4 is 10.8 Å². The standard InChI is InChI=1S/C27H16F2O/c1-30-25-14-11-21(12-15-25)7-6-19-2-4-20(5-3-19)8-9-22-10-13-23-17-26(28)27(29)18-24(23)16-22/h2-5,10-18H,1H3. The zero-order valence-corrected chi connectivity index (χ0v) is 16.2. The first kappa shape index (κ1) is 19.2. The zero-order chi connectivity index (χ0) is 20.9. The van der Waals surface area contributed by atoms with Crippen molar-refractivity contribution in [3.8, 4) is 29.4 Å². The maximum Gasteiger partial charge on any atom is 0.159 e. The molecule has 0 aromatic heterocycles. The Labute approximate surface area is 173 Å². The lowest BCUT2D eigenvalue weighted by Gasteiger charge is -2.00. The molecule has 4 rings (SSSR count).